The Balaban J connectivity index is 2.04. The molecule has 18 heavy (non-hydrogen) atoms. The van der Waals surface area contributed by atoms with Crippen molar-refractivity contribution in [3.63, 3.8) is 0 Å². The van der Waals surface area contributed by atoms with Gasteiger partial charge in [-0.3, -0.25) is 4.79 Å². The van der Waals surface area contributed by atoms with Gasteiger partial charge in [0.2, 0.25) is 5.91 Å². The molecule has 0 unspecified atom stereocenters. The van der Waals surface area contributed by atoms with Crippen LogP contribution in [0.15, 0.2) is 24.3 Å². The number of para-hydroxylation sites is 1. The van der Waals surface area contributed by atoms with Crippen LogP contribution >= 0.6 is 11.8 Å². The molecule has 3 nitrogen and oxygen atoms in total. The van der Waals surface area contributed by atoms with E-state index in [9.17, 15) is 4.79 Å². The maximum absolute atomic E-state index is 11.5. The SMILES string of the molecule is CNC(=O)Cc1ccccc1NC1CCSCC1. The number of likely N-dealkylation sites (N-methyl/N-ethyl adjacent to an activating group) is 1. The molecule has 1 fully saturated rings. The molecule has 1 saturated heterocycles. The first-order chi connectivity index (χ1) is 8.79. The highest BCUT2D eigenvalue weighted by atomic mass is 32.2. The Hall–Kier alpha value is -1.16. The largest absolute Gasteiger partial charge is 0.382 e. The van der Waals surface area contributed by atoms with Gasteiger partial charge in [0.1, 0.15) is 0 Å². The van der Waals surface area contributed by atoms with Crippen molar-refractivity contribution in [2.45, 2.75) is 25.3 Å². The molecule has 0 aliphatic carbocycles. The van der Waals surface area contributed by atoms with Crippen LogP contribution in [0.4, 0.5) is 5.69 Å². The third-order valence-corrected chi connectivity index (χ3v) is 4.28. The summed E-state index contributed by atoms with van der Waals surface area (Å²) < 4.78 is 0. The second kappa shape index (κ2) is 6.69. The van der Waals surface area contributed by atoms with Crippen LogP contribution in [-0.4, -0.2) is 30.5 Å². The molecule has 1 aromatic rings. The zero-order chi connectivity index (χ0) is 12.8. The summed E-state index contributed by atoms with van der Waals surface area (Å²) >= 11 is 2.02. The Bertz CT molecular complexity index is 403. The molecular weight excluding hydrogens is 244 g/mol. The van der Waals surface area contributed by atoms with E-state index < -0.39 is 0 Å². The molecule has 0 radical (unpaired) electrons. The standard InChI is InChI=1S/C14H20N2OS/c1-15-14(17)10-11-4-2-3-5-13(11)16-12-6-8-18-9-7-12/h2-5,12,16H,6-10H2,1H3,(H,15,17). The summed E-state index contributed by atoms with van der Waals surface area (Å²) in [6.07, 6.45) is 2.86. The number of carbonyl (C=O) groups is 1. The minimum absolute atomic E-state index is 0.0587. The molecule has 1 heterocycles. The van der Waals surface area contributed by atoms with Crippen LogP contribution in [0.1, 0.15) is 18.4 Å². The molecule has 4 heteroatoms. The van der Waals surface area contributed by atoms with Crippen LogP contribution in [0.25, 0.3) is 0 Å². The van der Waals surface area contributed by atoms with Gasteiger partial charge in [0, 0.05) is 18.8 Å². The zero-order valence-electron chi connectivity index (χ0n) is 10.7. The molecule has 2 N–H and O–H groups in total. The van der Waals surface area contributed by atoms with E-state index in [-0.39, 0.29) is 5.91 Å². The first kappa shape index (κ1) is 13.3. The number of benzene rings is 1. The van der Waals surface area contributed by atoms with Crippen molar-refractivity contribution in [2.75, 3.05) is 23.9 Å². The summed E-state index contributed by atoms with van der Waals surface area (Å²) in [5.41, 5.74) is 2.19. The first-order valence-corrected chi connectivity index (χ1v) is 7.58. The lowest BCUT2D eigenvalue weighted by molar-refractivity contribution is -0.119. The van der Waals surface area contributed by atoms with Gasteiger partial charge in [-0.2, -0.15) is 11.8 Å². The number of rotatable bonds is 4. The third-order valence-electron chi connectivity index (χ3n) is 3.23. The van der Waals surface area contributed by atoms with Crippen molar-refractivity contribution in [3.05, 3.63) is 29.8 Å². The van der Waals surface area contributed by atoms with Crippen LogP contribution in [0.2, 0.25) is 0 Å². The first-order valence-electron chi connectivity index (χ1n) is 6.42. The van der Waals surface area contributed by atoms with Crippen LogP contribution in [0, 0.1) is 0 Å². The van der Waals surface area contributed by atoms with Crippen molar-refractivity contribution in [1.29, 1.82) is 0 Å². The smallest absolute Gasteiger partial charge is 0.224 e. The van der Waals surface area contributed by atoms with Crippen molar-refractivity contribution in [2.24, 2.45) is 0 Å². The number of carbonyl (C=O) groups excluding carboxylic acids is 1. The minimum Gasteiger partial charge on any atom is -0.382 e. The number of hydrogen-bond donors (Lipinski definition) is 2. The average molecular weight is 264 g/mol. The van der Waals surface area contributed by atoms with Gasteiger partial charge in [0.25, 0.3) is 0 Å². The van der Waals surface area contributed by atoms with Gasteiger partial charge in [-0.25, -0.2) is 0 Å². The van der Waals surface area contributed by atoms with Gasteiger partial charge in [0.05, 0.1) is 6.42 Å². The minimum atomic E-state index is 0.0587. The fraction of sp³-hybridized carbons (Fsp3) is 0.500. The van der Waals surface area contributed by atoms with Crippen molar-refractivity contribution in [1.82, 2.24) is 5.32 Å². The number of nitrogens with one attached hydrogen (secondary N) is 2. The van der Waals surface area contributed by atoms with Crippen molar-refractivity contribution >= 4 is 23.4 Å². The van der Waals surface area contributed by atoms with Crippen LogP contribution in [0.5, 0.6) is 0 Å². The monoisotopic (exact) mass is 264 g/mol. The lowest BCUT2D eigenvalue weighted by Crippen LogP contribution is -2.26. The second-order valence-electron chi connectivity index (χ2n) is 4.54. The van der Waals surface area contributed by atoms with Gasteiger partial charge in [-0.1, -0.05) is 18.2 Å². The molecule has 1 amide bonds. The molecular formula is C14H20N2OS. The predicted octanol–water partition coefficient (Wildman–Crippen LogP) is 2.28. The van der Waals surface area contributed by atoms with E-state index in [1.54, 1.807) is 7.05 Å². The predicted molar refractivity (Wildman–Crippen MR) is 78.2 cm³/mol. The molecule has 0 atom stereocenters. The highest BCUT2D eigenvalue weighted by Gasteiger charge is 2.15. The lowest BCUT2D eigenvalue weighted by atomic mass is 10.1. The van der Waals surface area contributed by atoms with E-state index in [4.69, 9.17) is 0 Å². The molecule has 0 bridgehead atoms. The molecule has 1 aromatic carbocycles. The molecule has 0 aromatic heterocycles. The fourth-order valence-corrected chi connectivity index (χ4v) is 3.24. The van der Waals surface area contributed by atoms with E-state index in [2.05, 4.69) is 16.7 Å². The van der Waals surface area contributed by atoms with Gasteiger partial charge >= 0.3 is 0 Å². The van der Waals surface area contributed by atoms with Crippen LogP contribution in [-0.2, 0) is 11.2 Å². The molecule has 1 aliphatic rings. The molecule has 1 aliphatic heterocycles. The third kappa shape index (κ3) is 3.67. The van der Waals surface area contributed by atoms with Gasteiger partial charge in [-0.15, -0.1) is 0 Å². The van der Waals surface area contributed by atoms with E-state index in [1.807, 2.05) is 30.0 Å². The Morgan fingerprint density at radius 2 is 2.06 bits per heavy atom. The zero-order valence-corrected chi connectivity index (χ0v) is 11.6. The van der Waals surface area contributed by atoms with Gasteiger partial charge in [-0.05, 0) is 36.0 Å². The summed E-state index contributed by atoms with van der Waals surface area (Å²) in [7, 11) is 1.68. The normalized spacial score (nSPS) is 16.3. The Kier molecular flexibility index (Phi) is 4.93. The van der Waals surface area contributed by atoms with Crippen LogP contribution < -0.4 is 10.6 Å². The van der Waals surface area contributed by atoms with Crippen molar-refractivity contribution < 1.29 is 4.79 Å². The quantitative estimate of drug-likeness (QED) is 0.876. The average Bonchev–Trinajstić information content (AvgIpc) is 2.42. The highest BCUT2D eigenvalue weighted by molar-refractivity contribution is 7.99. The number of amides is 1. The highest BCUT2D eigenvalue weighted by Crippen LogP contribution is 2.23. The lowest BCUT2D eigenvalue weighted by Gasteiger charge is -2.24. The molecule has 2 rings (SSSR count). The summed E-state index contributed by atoms with van der Waals surface area (Å²) in [4.78, 5) is 11.5. The second-order valence-corrected chi connectivity index (χ2v) is 5.76. The van der Waals surface area contributed by atoms with Gasteiger partial charge in [0.15, 0.2) is 0 Å². The molecule has 0 spiro atoms. The number of hydrogen-bond acceptors (Lipinski definition) is 3. The van der Waals surface area contributed by atoms with E-state index in [0.717, 1.165) is 11.3 Å². The maximum atomic E-state index is 11.5. The number of thioether (sulfide) groups is 1. The maximum Gasteiger partial charge on any atom is 0.224 e. The topological polar surface area (TPSA) is 41.1 Å². The summed E-state index contributed by atoms with van der Waals surface area (Å²) in [6.45, 7) is 0. The van der Waals surface area contributed by atoms with Crippen LogP contribution in [0.3, 0.4) is 0 Å². The van der Waals surface area contributed by atoms with E-state index in [1.165, 1.54) is 24.3 Å². The van der Waals surface area contributed by atoms with Gasteiger partial charge < -0.3 is 10.6 Å². The Morgan fingerprint density at radius 1 is 1.33 bits per heavy atom. The summed E-state index contributed by atoms with van der Waals surface area (Å²) in [6, 6.07) is 8.65. The Morgan fingerprint density at radius 3 is 2.78 bits per heavy atom. The van der Waals surface area contributed by atoms with Crippen molar-refractivity contribution in [3.8, 4) is 0 Å². The molecule has 0 saturated carbocycles. The van der Waals surface area contributed by atoms with E-state index in [0.29, 0.717) is 12.5 Å². The summed E-state index contributed by atoms with van der Waals surface area (Å²) in [5.74, 6) is 2.52. The molecule has 98 valence electrons. The fourth-order valence-electron chi connectivity index (χ4n) is 2.14. The van der Waals surface area contributed by atoms with E-state index >= 15 is 0 Å². The number of anilines is 1. The Labute approximate surface area is 113 Å². The summed E-state index contributed by atoms with van der Waals surface area (Å²) in [5, 5.41) is 6.26.